The lowest BCUT2D eigenvalue weighted by Gasteiger charge is -2.39. The zero-order valence-corrected chi connectivity index (χ0v) is 15.9. The van der Waals surface area contributed by atoms with Crippen molar-refractivity contribution in [1.82, 2.24) is 0 Å². The first-order valence-electron chi connectivity index (χ1n) is 8.42. The Morgan fingerprint density at radius 3 is 2.64 bits per heavy atom. The third kappa shape index (κ3) is 3.22. The maximum Gasteiger partial charge on any atom is 0.283 e. The topological polar surface area (TPSA) is 42.8 Å². The average molecular weight is 423 g/mol. The average Bonchev–Trinajstić information content (AvgIpc) is 2.62. The number of hydrogen-bond donors (Lipinski definition) is 2. The molecule has 0 unspecified atom stereocenters. The Morgan fingerprint density at radius 2 is 1.88 bits per heavy atom. The number of morpholine rings is 1. The molecule has 6 heteroatoms. The van der Waals surface area contributed by atoms with E-state index in [4.69, 9.17) is 16.3 Å². The fourth-order valence-electron chi connectivity index (χ4n) is 3.89. The van der Waals surface area contributed by atoms with Gasteiger partial charge in [-0.05, 0) is 35.4 Å². The van der Waals surface area contributed by atoms with Crippen molar-refractivity contribution in [2.24, 2.45) is 0 Å². The number of anilines is 1. The second-order valence-corrected chi connectivity index (χ2v) is 7.79. The van der Waals surface area contributed by atoms with E-state index >= 15 is 0 Å². The molecule has 2 aromatic rings. The molecule has 130 valence electrons. The van der Waals surface area contributed by atoms with Crippen molar-refractivity contribution in [3.63, 3.8) is 0 Å². The van der Waals surface area contributed by atoms with E-state index in [9.17, 15) is 4.79 Å². The van der Waals surface area contributed by atoms with Crippen molar-refractivity contribution >= 4 is 39.1 Å². The zero-order chi connectivity index (χ0) is 17.4. The van der Waals surface area contributed by atoms with Gasteiger partial charge < -0.3 is 15.0 Å². The van der Waals surface area contributed by atoms with E-state index in [1.807, 2.05) is 36.4 Å². The lowest BCUT2D eigenvalue weighted by atomic mass is 9.80. The van der Waals surface area contributed by atoms with Gasteiger partial charge in [0.25, 0.3) is 5.91 Å². The normalized spacial score (nSPS) is 23.8. The molecule has 2 N–H and O–H groups in total. The Bertz CT molecular complexity index is 808. The number of nitrogens with one attached hydrogen (secondary N) is 2. The van der Waals surface area contributed by atoms with Crippen LogP contribution in [0.15, 0.2) is 46.9 Å². The molecule has 1 amide bonds. The van der Waals surface area contributed by atoms with Crippen LogP contribution >= 0.6 is 27.5 Å². The van der Waals surface area contributed by atoms with Gasteiger partial charge >= 0.3 is 0 Å². The number of amides is 1. The molecule has 2 aromatic carbocycles. The summed E-state index contributed by atoms with van der Waals surface area (Å²) in [5.74, 6) is -0.0281. The standard InChI is InChI=1S/C19H18BrClN2O2/c20-12-5-6-16-14(11-12)17(13-3-1-2-4-15(13)21)18(19(24)22-16)23-7-9-25-10-8-23/h1-6,11,17-18H,7-10H2,(H,22,24)/p+1/t17-,18+/m0/s1. The fourth-order valence-corrected chi connectivity index (χ4v) is 4.52. The molecule has 1 saturated heterocycles. The molecule has 25 heavy (non-hydrogen) atoms. The number of quaternary nitrogens is 1. The number of hydrogen-bond acceptors (Lipinski definition) is 2. The summed E-state index contributed by atoms with van der Waals surface area (Å²) >= 11 is 10.1. The van der Waals surface area contributed by atoms with Crippen LogP contribution in [0.2, 0.25) is 5.02 Å². The molecule has 0 radical (unpaired) electrons. The zero-order valence-electron chi connectivity index (χ0n) is 13.6. The first kappa shape index (κ1) is 17.0. The van der Waals surface area contributed by atoms with E-state index in [0.29, 0.717) is 18.2 Å². The molecular formula is C19H19BrClN2O2+. The minimum Gasteiger partial charge on any atom is -0.370 e. The summed E-state index contributed by atoms with van der Waals surface area (Å²) in [5, 5.41) is 3.79. The van der Waals surface area contributed by atoms with Crippen molar-refractivity contribution in [3.05, 3.63) is 63.1 Å². The molecule has 4 nitrogen and oxygen atoms in total. The van der Waals surface area contributed by atoms with Gasteiger partial charge in [0.1, 0.15) is 13.1 Å². The molecule has 2 heterocycles. The Hall–Kier alpha value is -1.40. The Kier molecular flexibility index (Phi) is 4.82. The molecular weight excluding hydrogens is 404 g/mol. The van der Waals surface area contributed by atoms with E-state index in [1.165, 1.54) is 4.90 Å². The summed E-state index contributed by atoms with van der Waals surface area (Å²) in [6.45, 7) is 3.00. The van der Waals surface area contributed by atoms with Gasteiger partial charge in [0.15, 0.2) is 6.04 Å². The number of benzene rings is 2. The summed E-state index contributed by atoms with van der Waals surface area (Å²) in [5.41, 5.74) is 2.97. The van der Waals surface area contributed by atoms with Crippen molar-refractivity contribution in [2.45, 2.75) is 12.0 Å². The lowest BCUT2D eigenvalue weighted by Crippen LogP contribution is -3.19. The number of fused-ring (bicyclic) bond motifs is 1. The molecule has 0 saturated carbocycles. The Balaban J connectivity index is 1.87. The highest BCUT2D eigenvalue weighted by atomic mass is 79.9. The summed E-state index contributed by atoms with van der Waals surface area (Å²) in [6, 6.07) is 13.6. The van der Waals surface area contributed by atoms with Gasteiger partial charge in [0.2, 0.25) is 0 Å². The highest BCUT2D eigenvalue weighted by molar-refractivity contribution is 9.10. The van der Waals surface area contributed by atoms with Crippen LogP contribution in [0.3, 0.4) is 0 Å². The van der Waals surface area contributed by atoms with Crippen LogP contribution in [-0.2, 0) is 9.53 Å². The molecule has 0 aromatic heterocycles. The van der Waals surface area contributed by atoms with Crippen LogP contribution in [0.5, 0.6) is 0 Å². The predicted octanol–water partition coefficient (Wildman–Crippen LogP) is 2.47. The smallest absolute Gasteiger partial charge is 0.283 e. The van der Waals surface area contributed by atoms with Crippen LogP contribution in [0.4, 0.5) is 5.69 Å². The molecule has 0 spiro atoms. The molecule has 0 bridgehead atoms. The quantitative estimate of drug-likeness (QED) is 0.781. The monoisotopic (exact) mass is 421 g/mol. The van der Waals surface area contributed by atoms with Crippen LogP contribution in [-0.4, -0.2) is 38.3 Å². The van der Waals surface area contributed by atoms with Crippen LogP contribution in [0.25, 0.3) is 0 Å². The van der Waals surface area contributed by atoms with Gasteiger partial charge in [0.05, 0.1) is 19.1 Å². The van der Waals surface area contributed by atoms with Crippen molar-refractivity contribution in [1.29, 1.82) is 0 Å². The second kappa shape index (κ2) is 7.08. The van der Waals surface area contributed by atoms with E-state index in [-0.39, 0.29) is 17.9 Å². The van der Waals surface area contributed by atoms with Gasteiger partial charge in [-0.2, -0.15) is 0 Å². The van der Waals surface area contributed by atoms with E-state index in [2.05, 4.69) is 27.3 Å². The molecule has 2 aliphatic heterocycles. The molecule has 2 atom stereocenters. The Morgan fingerprint density at radius 1 is 1.12 bits per heavy atom. The van der Waals surface area contributed by atoms with Crippen LogP contribution in [0, 0.1) is 0 Å². The molecule has 4 rings (SSSR count). The van der Waals surface area contributed by atoms with E-state index < -0.39 is 0 Å². The maximum atomic E-state index is 13.0. The first-order valence-corrected chi connectivity index (χ1v) is 9.59. The van der Waals surface area contributed by atoms with Gasteiger partial charge in [-0.1, -0.05) is 45.7 Å². The van der Waals surface area contributed by atoms with Crippen molar-refractivity contribution < 1.29 is 14.4 Å². The number of carbonyl (C=O) groups excluding carboxylic acids is 1. The van der Waals surface area contributed by atoms with Gasteiger partial charge in [0, 0.05) is 15.2 Å². The van der Waals surface area contributed by atoms with Gasteiger partial charge in [-0.3, -0.25) is 4.79 Å². The van der Waals surface area contributed by atoms with E-state index in [0.717, 1.165) is 34.4 Å². The first-order chi connectivity index (χ1) is 12.1. The minimum absolute atomic E-state index is 0.0524. The van der Waals surface area contributed by atoms with Crippen molar-refractivity contribution in [3.8, 4) is 0 Å². The number of halogens is 2. The van der Waals surface area contributed by atoms with Gasteiger partial charge in [-0.25, -0.2) is 0 Å². The highest BCUT2D eigenvalue weighted by Crippen LogP contribution is 2.40. The lowest BCUT2D eigenvalue weighted by molar-refractivity contribution is -0.924. The predicted molar refractivity (Wildman–Crippen MR) is 101 cm³/mol. The second-order valence-electron chi connectivity index (χ2n) is 6.47. The third-order valence-corrected chi connectivity index (χ3v) is 5.87. The highest BCUT2D eigenvalue weighted by Gasteiger charge is 2.44. The summed E-state index contributed by atoms with van der Waals surface area (Å²) in [7, 11) is 0. The summed E-state index contributed by atoms with van der Waals surface area (Å²) in [6.07, 6.45) is 0. The minimum atomic E-state index is -0.217. The third-order valence-electron chi connectivity index (χ3n) is 5.04. The Labute approximate surface area is 160 Å². The number of rotatable bonds is 2. The fraction of sp³-hybridized carbons (Fsp3) is 0.316. The summed E-state index contributed by atoms with van der Waals surface area (Å²) in [4.78, 5) is 14.3. The van der Waals surface area contributed by atoms with Crippen molar-refractivity contribution in [2.75, 3.05) is 31.6 Å². The molecule has 2 aliphatic rings. The molecule has 0 aliphatic carbocycles. The van der Waals surface area contributed by atoms with Crippen LogP contribution in [0.1, 0.15) is 17.0 Å². The number of ether oxygens (including phenoxy) is 1. The SMILES string of the molecule is O=C1Nc2ccc(Br)cc2[C@H](c2ccccc2Cl)[C@H]1[NH+]1CCOCC1. The largest absolute Gasteiger partial charge is 0.370 e. The van der Waals surface area contributed by atoms with Crippen LogP contribution < -0.4 is 10.2 Å². The number of carbonyl (C=O) groups is 1. The van der Waals surface area contributed by atoms with Gasteiger partial charge in [-0.15, -0.1) is 0 Å². The summed E-state index contributed by atoms with van der Waals surface area (Å²) < 4.78 is 6.49. The molecule has 1 fully saturated rings. The van der Waals surface area contributed by atoms with E-state index in [1.54, 1.807) is 0 Å². The maximum absolute atomic E-state index is 13.0.